The molecule has 0 bridgehead atoms. The van der Waals surface area contributed by atoms with Crippen molar-refractivity contribution in [2.75, 3.05) is 10.5 Å². The molecule has 21 heavy (non-hydrogen) atoms. The molecule has 2 aromatic rings. The van der Waals surface area contributed by atoms with Crippen LogP contribution < -0.4 is 10.5 Å². The quantitative estimate of drug-likeness (QED) is 0.826. The Kier molecular flexibility index (Phi) is 4.22. The van der Waals surface area contributed by atoms with Gasteiger partial charge in [0.2, 0.25) is 0 Å². The average molecular weight is 308 g/mol. The number of nitrogens with one attached hydrogen (secondary N) is 1. The number of aromatic nitrogens is 2. The van der Waals surface area contributed by atoms with Crippen molar-refractivity contribution < 1.29 is 8.42 Å². The summed E-state index contributed by atoms with van der Waals surface area (Å²) in [5.41, 5.74) is 8.03. The third kappa shape index (κ3) is 3.18. The predicted octanol–water partition coefficient (Wildman–Crippen LogP) is 1.93. The van der Waals surface area contributed by atoms with Crippen LogP contribution in [0.4, 0.5) is 11.5 Å². The molecule has 2 rings (SSSR count). The van der Waals surface area contributed by atoms with E-state index in [0.717, 1.165) is 12.0 Å². The number of nitrogens with zero attached hydrogens (tertiary/aromatic N) is 2. The highest BCUT2D eigenvalue weighted by atomic mass is 32.2. The van der Waals surface area contributed by atoms with Gasteiger partial charge in [0.05, 0.1) is 4.90 Å². The number of nitrogens with two attached hydrogens (primary N) is 1. The molecule has 1 aromatic heterocycles. The van der Waals surface area contributed by atoms with Crippen LogP contribution >= 0.6 is 0 Å². The maximum atomic E-state index is 12.6. The molecule has 0 aliphatic rings. The minimum absolute atomic E-state index is 0.229. The van der Waals surface area contributed by atoms with Crippen LogP contribution in [0.1, 0.15) is 25.0 Å². The lowest BCUT2D eigenvalue weighted by atomic mass is 10.1. The normalized spacial score (nSPS) is 11.6. The lowest BCUT2D eigenvalue weighted by Gasteiger charge is -2.14. The lowest BCUT2D eigenvalue weighted by molar-refractivity contribution is 0.599. The standard InChI is InChI=1S/C14H20N4O2S/c1-4-10-8-12(15)11(5-2)13(9-10)21(19,20)17-14-6-7-18(3)16-14/h6-9H,4-5,15H2,1-3H3,(H,16,17). The van der Waals surface area contributed by atoms with E-state index in [-0.39, 0.29) is 4.90 Å². The second kappa shape index (κ2) is 5.77. The number of anilines is 2. The first-order valence-corrected chi connectivity index (χ1v) is 8.29. The van der Waals surface area contributed by atoms with E-state index in [9.17, 15) is 8.42 Å². The van der Waals surface area contributed by atoms with Crippen molar-refractivity contribution in [1.82, 2.24) is 9.78 Å². The summed E-state index contributed by atoms with van der Waals surface area (Å²) in [5.74, 6) is 0.292. The highest BCUT2D eigenvalue weighted by Crippen LogP contribution is 2.26. The van der Waals surface area contributed by atoms with Crippen molar-refractivity contribution in [2.24, 2.45) is 7.05 Å². The van der Waals surface area contributed by atoms with E-state index in [4.69, 9.17) is 5.73 Å². The number of sulfonamides is 1. The molecular weight excluding hydrogens is 288 g/mol. The summed E-state index contributed by atoms with van der Waals surface area (Å²) in [6.07, 6.45) is 2.95. The van der Waals surface area contributed by atoms with Crippen molar-refractivity contribution in [3.05, 3.63) is 35.5 Å². The van der Waals surface area contributed by atoms with Crippen molar-refractivity contribution >= 4 is 21.5 Å². The smallest absolute Gasteiger partial charge is 0.263 e. The molecule has 0 saturated heterocycles. The molecule has 0 aliphatic heterocycles. The molecule has 0 aliphatic carbocycles. The van der Waals surface area contributed by atoms with Gasteiger partial charge in [0.1, 0.15) is 0 Å². The molecule has 6 nitrogen and oxygen atoms in total. The molecule has 3 N–H and O–H groups in total. The Morgan fingerprint density at radius 1 is 1.29 bits per heavy atom. The summed E-state index contributed by atoms with van der Waals surface area (Å²) in [5, 5.41) is 4.04. The topological polar surface area (TPSA) is 90.0 Å². The largest absolute Gasteiger partial charge is 0.398 e. The number of hydrogen-bond acceptors (Lipinski definition) is 4. The predicted molar refractivity (Wildman–Crippen MR) is 83.6 cm³/mol. The minimum Gasteiger partial charge on any atom is -0.398 e. The van der Waals surface area contributed by atoms with E-state index >= 15 is 0 Å². The van der Waals surface area contributed by atoms with Gasteiger partial charge in [0, 0.05) is 25.0 Å². The summed E-state index contributed by atoms with van der Waals surface area (Å²) in [4.78, 5) is 0.229. The maximum absolute atomic E-state index is 12.6. The summed E-state index contributed by atoms with van der Waals surface area (Å²) in [7, 11) is -1.98. The van der Waals surface area contributed by atoms with Gasteiger partial charge in [-0.1, -0.05) is 13.8 Å². The third-order valence-electron chi connectivity index (χ3n) is 3.31. The van der Waals surface area contributed by atoms with Crippen LogP contribution in [0.5, 0.6) is 0 Å². The highest BCUT2D eigenvalue weighted by Gasteiger charge is 2.21. The summed E-state index contributed by atoms with van der Waals surface area (Å²) in [6, 6.07) is 5.12. The highest BCUT2D eigenvalue weighted by molar-refractivity contribution is 7.92. The summed E-state index contributed by atoms with van der Waals surface area (Å²) >= 11 is 0. The number of rotatable bonds is 5. The van der Waals surface area contributed by atoms with E-state index < -0.39 is 10.0 Å². The Morgan fingerprint density at radius 3 is 2.52 bits per heavy atom. The minimum atomic E-state index is -3.70. The van der Waals surface area contributed by atoms with Crippen LogP contribution in [-0.2, 0) is 29.9 Å². The van der Waals surface area contributed by atoms with Gasteiger partial charge in [-0.05, 0) is 36.1 Å². The monoisotopic (exact) mass is 308 g/mol. The molecule has 0 spiro atoms. The Bertz CT molecular complexity index is 750. The number of hydrogen-bond donors (Lipinski definition) is 2. The van der Waals surface area contributed by atoms with Crippen molar-refractivity contribution in [3.8, 4) is 0 Å². The molecule has 0 atom stereocenters. The second-order valence-corrected chi connectivity index (χ2v) is 6.50. The van der Waals surface area contributed by atoms with Gasteiger partial charge in [-0.2, -0.15) is 5.10 Å². The van der Waals surface area contributed by atoms with Crippen LogP contribution in [0.2, 0.25) is 0 Å². The first-order valence-electron chi connectivity index (χ1n) is 6.81. The molecule has 0 fully saturated rings. The van der Waals surface area contributed by atoms with Gasteiger partial charge in [0.25, 0.3) is 10.0 Å². The van der Waals surface area contributed by atoms with Gasteiger partial charge in [-0.15, -0.1) is 0 Å². The van der Waals surface area contributed by atoms with Crippen LogP contribution in [0.25, 0.3) is 0 Å². The fourth-order valence-electron chi connectivity index (χ4n) is 2.21. The molecule has 0 amide bonds. The SMILES string of the molecule is CCc1cc(N)c(CC)c(S(=O)(=O)Nc2ccn(C)n2)c1. The summed E-state index contributed by atoms with van der Waals surface area (Å²) < 4.78 is 29.2. The molecule has 0 unspecified atom stereocenters. The van der Waals surface area contributed by atoms with Gasteiger partial charge >= 0.3 is 0 Å². The maximum Gasteiger partial charge on any atom is 0.263 e. The fourth-order valence-corrected chi connectivity index (χ4v) is 3.60. The zero-order chi connectivity index (χ0) is 15.6. The number of benzene rings is 1. The number of nitrogen functional groups attached to an aromatic ring is 1. The Labute approximate surface area is 125 Å². The van der Waals surface area contributed by atoms with Crippen LogP contribution in [0, 0.1) is 0 Å². The van der Waals surface area contributed by atoms with E-state index in [1.54, 1.807) is 25.4 Å². The molecule has 114 valence electrons. The van der Waals surface area contributed by atoms with Crippen molar-refractivity contribution in [2.45, 2.75) is 31.6 Å². The Morgan fingerprint density at radius 2 is 2.00 bits per heavy atom. The molecule has 1 aromatic carbocycles. The molecule has 7 heteroatoms. The van der Waals surface area contributed by atoms with E-state index in [1.807, 2.05) is 19.9 Å². The average Bonchev–Trinajstić information content (AvgIpc) is 2.82. The van der Waals surface area contributed by atoms with E-state index in [2.05, 4.69) is 9.82 Å². The first-order chi connectivity index (χ1) is 9.87. The molecule has 0 saturated carbocycles. The Balaban J connectivity index is 2.50. The lowest BCUT2D eigenvalue weighted by Crippen LogP contribution is -2.17. The van der Waals surface area contributed by atoms with Crippen molar-refractivity contribution in [3.63, 3.8) is 0 Å². The van der Waals surface area contributed by atoms with Crippen LogP contribution in [0.15, 0.2) is 29.3 Å². The zero-order valence-electron chi connectivity index (χ0n) is 12.4. The van der Waals surface area contributed by atoms with Crippen LogP contribution in [-0.4, -0.2) is 18.2 Å². The van der Waals surface area contributed by atoms with Gasteiger partial charge in [0.15, 0.2) is 5.82 Å². The van der Waals surface area contributed by atoms with Crippen LogP contribution in [0.3, 0.4) is 0 Å². The Hall–Kier alpha value is -2.02. The molecular formula is C14H20N4O2S. The third-order valence-corrected chi connectivity index (χ3v) is 4.73. The van der Waals surface area contributed by atoms with Gasteiger partial charge < -0.3 is 5.73 Å². The van der Waals surface area contributed by atoms with Gasteiger partial charge in [-0.25, -0.2) is 8.42 Å². The zero-order valence-corrected chi connectivity index (χ0v) is 13.2. The van der Waals surface area contributed by atoms with Gasteiger partial charge in [-0.3, -0.25) is 9.40 Å². The molecule has 1 heterocycles. The first kappa shape index (κ1) is 15.4. The number of aryl methyl sites for hydroxylation is 2. The second-order valence-electron chi connectivity index (χ2n) is 4.85. The fraction of sp³-hybridized carbons (Fsp3) is 0.357. The van der Waals surface area contributed by atoms with E-state index in [0.29, 0.717) is 23.5 Å². The van der Waals surface area contributed by atoms with Crippen molar-refractivity contribution in [1.29, 1.82) is 0 Å². The van der Waals surface area contributed by atoms with E-state index in [1.165, 1.54) is 4.68 Å². The summed E-state index contributed by atoms with van der Waals surface area (Å²) in [6.45, 7) is 3.85. The molecule has 0 radical (unpaired) electrons.